The molecule has 50 valence electrons. The van der Waals surface area contributed by atoms with Crippen LogP contribution in [0.5, 0.6) is 0 Å². The second-order valence-electron chi connectivity index (χ2n) is 0.517. The topological polar surface area (TPSA) is 52.0 Å². The molecule has 7 heavy (non-hydrogen) atoms. The Morgan fingerprint density at radius 3 is 1.71 bits per heavy atom. The summed E-state index contributed by atoms with van der Waals surface area (Å²) in [6, 6.07) is 0. The SMILES string of the molecule is N[CH-]CN.[Cl][Pt][Cl]. The van der Waals surface area contributed by atoms with Crippen molar-refractivity contribution in [3.63, 3.8) is 0 Å². The van der Waals surface area contributed by atoms with E-state index in [1.165, 1.54) is 6.54 Å². The zero-order valence-corrected chi connectivity index (χ0v) is 7.30. The Labute approximate surface area is 59.9 Å². The molecule has 0 aliphatic heterocycles. The molecule has 2 nitrogen and oxygen atoms in total. The van der Waals surface area contributed by atoms with Crippen LogP contribution in [0.2, 0.25) is 0 Å². The van der Waals surface area contributed by atoms with Crippen LogP contribution >= 0.6 is 18.8 Å². The molecule has 0 spiro atoms. The van der Waals surface area contributed by atoms with Crippen molar-refractivity contribution in [3.8, 4) is 0 Å². The van der Waals surface area contributed by atoms with Crippen molar-refractivity contribution in [2.24, 2.45) is 11.5 Å². The summed E-state index contributed by atoms with van der Waals surface area (Å²) in [5, 5.41) is 0. The maximum absolute atomic E-state index is 4.88. The Bertz CT molecular complexity index is 21.2. The molecule has 0 aromatic heterocycles. The molecule has 0 aromatic rings. The van der Waals surface area contributed by atoms with Crippen LogP contribution in [0.4, 0.5) is 0 Å². The fraction of sp³-hybridized carbons (Fsp3) is 0.500. The minimum atomic E-state index is -0.472. The first-order valence-electron chi connectivity index (χ1n) is 1.39. The summed E-state index contributed by atoms with van der Waals surface area (Å²) in [6.45, 7) is 1.88. The van der Waals surface area contributed by atoms with Gasteiger partial charge in [-0.1, -0.05) is 0 Å². The fourth-order valence-electron chi connectivity index (χ4n) is 0. The van der Waals surface area contributed by atoms with Gasteiger partial charge in [-0.2, -0.15) is 0 Å². The average Bonchev–Trinajstić information content (AvgIpc) is 1.69. The van der Waals surface area contributed by atoms with Crippen LogP contribution < -0.4 is 11.5 Å². The van der Waals surface area contributed by atoms with Gasteiger partial charge in [0.15, 0.2) is 0 Å². The van der Waals surface area contributed by atoms with Gasteiger partial charge in [0.05, 0.1) is 0 Å². The first-order chi connectivity index (χ1) is 3.33. The van der Waals surface area contributed by atoms with Crippen LogP contribution in [0.15, 0.2) is 0 Å². The van der Waals surface area contributed by atoms with Crippen molar-refractivity contribution in [2.75, 3.05) is 6.54 Å². The van der Waals surface area contributed by atoms with Crippen LogP contribution in [0, 0.1) is 6.54 Å². The van der Waals surface area contributed by atoms with Gasteiger partial charge >= 0.3 is 35.3 Å². The Kier molecular flexibility index (Phi) is 24.8. The summed E-state index contributed by atoms with van der Waals surface area (Å²) >= 11 is -0.472. The van der Waals surface area contributed by atoms with Crippen molar-refractivity contribution in [3.05, 3.63) is 6.54 Å². The Morgan fingerprint density at radius 1 is 1.57 bits per heavy atom. The van der Waals surface area contributed by atoms with Crippen molar-refractivity contribution in [1.82, 2.24) is 0 Å². The summed E-state index contributed by atoms with van der Waals surface area (Å²) in [7, 11) is 9.75. The van der Waals surface area contributed by atoms with Gasteiger partial charge in [0.2, 0.25) is 0 Å². The van der Waals surface area contributed by atoms with Crippen molar-refractivity contribution < 1.29 is 16.5 Å². The van der Waals surface area contributed by atoms with Gasteiger partial charge in [0.1, 0.15) is 0 Å². The number of hydrogen-bond donors (Lipinski definition) is 2. The average molecular weight is 325 g/mol. The van der Waals surface area contributed by atoms with E-state index in [0.717, 1.165) is 0 Å². The molecule has 0 aliphatic rings. The van der Waals surface area contributed by atoms with Gasteiger partial charge < -0.3 is 11.5 Å². The van der Waals surface area contributed by atoms with E-state index >= 15 is 0 Å². The van der Waals surface area contributed by atoms with Crippen molar-refractivity contribution in [2.45, 2.75) is 0 Å². The van der Waals surface area contributed by atoms with Crippen molar-refractivity contribution in [1.29, 1.82) is 0 Å². The van der Waals surface area contributed by atoms with Gasteiger partial charge in [0, 0.05) is 0 Å². The second-order valence-corrected chi connectivity index (χ2v) is 3.80. The summed E-state index contributed by atoms with van der Waals surface area (Å²) in [5.74, 6) is 0. The summed E-state index contributed by atoms with van der Waals surface area (Å²) in [5.41, 5.74) is 9.62. The zero-order valence-electron chi connectivity index (χ0n) is 3.51. The number of rotatable bonds is 1. The molecule has 0 fully saturated rings. The molecule has 0 atom stereocenters. The molecular weight excluding hydrogens is 318 g/mol. The third-order valence-electron chi connectivity index (χ3n) is 0.136. The molecule has 0 saturated heterocycles. The normalized spacial score (nSPS) is 7.43. The molecule has 0 amide bonds. The molecular formula is C2H7Cl2N2Pt-. The van der Waals surface area contributed by atoms with Crippen LogP contribution in [0.1, 0.15) is 0 Å². The summed E-state index contributed by atoms with van der Waals surface area (Å²) in [4.78, 5) is 0. The standard InChI is InChI=1S/C2H7N2.2ClH.Pt/c3-1-2-4;;;/h1H,2-4H2;2*1H;/q-1;;;+2/p-2. The zero-order chi connectivity index (χ0) is 6.12. The van der Waals surface area contributed by atoms with E-state index in [1.807, 2.05) is 0 Å². The van der Waals surface area contributed by atoms with Gasteiger partial charge in [0.25, 0.3) is 0 Å². The molecule has 0 radical (unpaired) electrons. The molecule has 0 aliphatic carbocycles. The predicted octanol–water partition coefficient (Wildman–Crippen LogP) is 0.442. The molecule has 0 saturated carbocycles. The predicted molar refractivity (Wildman–Crippen MR) is 29.2 cm³/mol. The number of nitrogens with two attached hydrogens (primary N) is 2. The number of halogens is 2. The first-order valence-corrected chi connectivity index (χ1v) is 7.02. The van der Waals surface area contributed by atoms with Gasteiger partial charge in [-0.25, -0.2) is 0 Å². The Morgan fingerprint density at radius 2 is 1.71 bits per heavy atom. The van der Waals surface area contributed by atoms with Crippen molar-refractivity contribution >= 4 is 18.8 Å². The minimum absolute atomic E-state index is 0.472. The van der Waals surface area contributed by atoms with E-state index in [2.05, 4.69) is 0 Å². The van der Waals surface area contributed by atoms with E-state index in [-0.39, 0.29) is 0 Å². The molecule has 5 heteroatoms. The van der Waals surface area contributed by atoms with E-state index in [4.69, 9.17) is 30.3 Å². The number of hydrogen-bond acceptors (Lipinski definition) is 2. The third kappa shape index (κ3) is 40.4. The fourth-order valence-corrected chi connectivity index (χ4v) is 0. The van der Waals surface area contributed by atoms with Gasteiger partial charge in [-0.15, -0.1) is 6.54 Å². The third-order valence-corrected chi connectivity index (χ3v) is 0.136. The monoisotopic (exact) mass is 324 g/mol. The van der Waals surface area contributed by atoms with Gasteiger partial charge in [-0.3, -0.25) is 6.54 Å². The van der Waals surface area contributed by atoms with Crippen LogP contribution in [-0.2, 0) is 16.5 Å². The van der Waals surface area contributed by atoms with E-state index in [0.29, 0.717) is 6.54 Å². The molecule has 0 bridgehead atoms. The molecule has 0 heterocycles. The quantitative estimate of drug-likeness (QED) is 0.688. The molecule has 0 rings (SSSR count). The van der Waals surface area contributed by atoms with Gasteiger partial charge in [-0.05, 0) is 0 Å². The van der Waals surface area contributed by atoms with Crippen LogP contribution in [-0.4, -0.2) is 6.54 Å². The Hall–Kier alpha value is 1.19. The Balaban J connectivity index is 0. The summed E-state index contributed by atoms with van der Waals surface area (Å²) < 4.78 is 0. The van der Waals surface area contributed by atoms with Crippen LogP contribution in [0.3, 0.4) is 0 Å². The van der Waals surface area contributed by atoms with E-state index in [1.54, 1.807) is 0 Å². The maximum atomic E-state index is 4.88. The summed E-state index contributed by atoms with van der Waals surface area (Å²) in [6.07, 6.45) is 0. The first kappa shape index (κ1) is 11.0. The molecule has 0 unspecified atom stereocenters. The second kappa shape index (κ2) is 15.7. The van der Waals surface area contributed by atoms with E-state index < -0.39 is 16.5 Å². The van der Waals surface area contributed by atoms with E-state index in [9.17, 15) is 0 Å². The molecule has 4 N–H and O–H groups in total. The molecule has 0 aromatic carbocycles. The van der Waals surface area contributed by atoms with Crippen LogP contribution in [0.25, 0.3) is 0 Å².